The van der Waals surface area contributed by atoms with E-state index in [9.17, 15) is 9.59 Å². The van der Waals surface area contributed by atoms with E-state index in [4.69, 9.17) is 14.5 Å². The highest BCUT2D eigenvalue weighted by Gasteiger charge is 2.28. The number of pyridine rings is 1. The number of hydrogen-bond donors (Lipinski definition) is 1. The monoisotopic (exact) mass is 540 g/mol. The Balaban J connectivity index is 1.27. The molecule has 202 valence electrons. The molecule has 6 heteroatoms. The first-order valence-corrected chi connectivity index (χ1v) is 13.5. The van der Waals surface area contributed by atoms with E-state index in [0.29, 0.717) is 23.2 Å². The molecule has 6 rings (SSSR count). The third kappa shape index (κ3) is 5.72. The lowest BCUT2D eigenvalue weighted by Gasteiger charge is -2.13. The second-order valence-corrected chi connectivity index (χ2v) is 9.93. The summed E-state index contributed by atoms with van der Waals surface area (Å²) in [4.78, 5) is 31.0. The van der Waals surface area contributed by atoms with Gasteiger partial charge in [0.15, 0.2) is 6.61 Å². The number of amides is 1. The number of para-hydroxylation sites is 3. The Bertz CT molecular complexity index is 1790. The van der Waals surface area contributed by atoms with E-state index >= 15 is 0 Å². The molecule has 6 nitrogen and oxygen atoms in total. The molecule has 1 aliphatic rings. The molecule has 4 aromatic carbocycles. The SMILES string of the molecule is Cc1ccccc1NC(=O)COC(=O)c1c2c(nc3ccccc13)/C(=C\c1cccc(Oc3ccccc3)c1)CC2. The lowest BCUT2D eigenvalue weighted by molar-refractivity contribution is -0.119. The van der Waals surface area contributed by atoms with Crippen LogP contribution in [0.15, 0.2) is 103 Å². The number of esters is 1. The number of carbonyl (C=O) groups excluding carboxylic acids is 2. The number of hydrogen-bond acceptors (Lipinski definition) is 5. The van der Waals surface area contributed by atoms with Crippen LogP contribution in [-0.4, -0.2) is 23.5 Å². The molecule has 0 spiro atoms. The Morgan fingerprint density at radius 3 is 2.46 bits per heavy atom. The van der Waals surface area contributed by atoms with Crippen LogP contribution in [0.25, 0.3) is 22.6 Å². The summed E-state index contributed by atoms with van der Waals surface area (Å²) >= 11 is 0. The number of nitrogens with one attached hydrogen (secondary N) is 1. The van der Waals surface area contributed by atoms with Gasteiger partial charge in [-0.1, -0.05) is 66.7 Å². The molecule has 0 saturated carbocycles. The molecule has 0 atom stereocenters. The van der Waals surface area contributed by atoms with Crippen molar-refractivity contribution in [1.29, 1.82) is 0 Å². The summed E-state index contributed by atoms with van der Waals surface area (Å²) in [6.07, 6.45) is 3.48. The topological polar surface area (TPSA) is 77.5 Å². The van der Waals surface area contributed by atoms with Gasteiger partial charge in [-0.05, 0) is 84.5 Å². The smallest absolute Gasteiger partial charge is 0.339 e. The van der Waals surface area contributed by atoms with Crippen LogP contribution in [0.2, 0.25) is 0 Å². The Morgan fingerprint density at radius 2 is 1.61 bits per heavy atom. The van der Waals surface area contributed by atoms with Gasteiger partial charge in [-0.2, -0.15) is 0 Å². The molecule has 1 heterocycles. The third-order valence-corrected chi connectivity index (χ3v) is 7.08. The quantitative estimate of drug-likeness (QED) is 0.215. The van der Waals surface area contributed by atoms with Crippen LogP contribution in [0.4, 0.5) is 5.69 Å². The number of aryl methyl sites for hydroxylation is 1. The van der Waals surface area contributed by atoms with Crippen molar-refractivity contribution in [2.45, 2.75) is 19.8 Å². The second kappa shape index (κ2) is 11.5. The van der Waals surface area contributed by atoms with Crippen molar-refractivity contribution in [3.8, 4) is 11.5 Å². The first-order chi connectivity index (χ1) is 20.0. The molecule has 1 aromatic heterocycles. The number of nitrogens with zero attached hydrogens (tertiary/aromatic N) is 1. The second-order valence-electron chi connectivity index (χ2n) is 9.93. The maximum Gasteiger partial charge on any atom is 0.339 e. The van der Waals surface area contributed by atoms with Crippen LogP contribution in [0, 0.1) is 6.92 Å². The van der Waals surface area contributed by atoms with Gasteiger partial charge in [0.25, 0.3) is 5.91 Å². The molecule has 1 amide bonds. The third-order valence-electron chi connectivity index (χ3n) is 7.08. The highest BCUT2D eigenvalue weighted by atomic mass is 16.5. The maximum absolute atomic E-state index is 13.5. The molecule has 0 radical (unpaired) electrons. The highest BCUT2D eigenvalue weighted by Crippen LogP contribution is 2.38. The lowest BCUT2D eigenvalue weighted by atomic mass is 10.0. The van der Waals surface area contributed by atoms with Crippen molar-refractivity contribution in [3.05, 3.63) is 131 Å². The molecule has 0 bridgehead atoms. The standard InChI is InChI=1S/C35H28N2O4/c1-23-10-5-7-16-30(23)36-32(38)22-40-35(39)33-28-15-6-8-17-31(28)37-34-25(18-19-29(33)34)20-24-11-9-14-27(21-24)41-26-12-3-2-4-13-26/h2-17,20-21H,18-19,22H2,1H3,(H,36,38)/b25-20-. The van der Waals surface area contributed by atoms with Crippen LogP contribution < -0.4 is 10.1 Å². The maximum atomic E-state index is 13.5. The fourth-order valence-electron chi connectivity index (χ4n) is 5.11. The average Bonchev–Trinajstić information content (AvgIpc) is 3.38. The van der Waals surface area contributed by atoms with Gasteiger partial charge in [0.1, 0.15) is 11.5 Å². The number of fused-ring (bicyclic) bond motifs is 2. The summed E-state index contributed by atoms with van der Waals surface area (Å²) in [5.41, 5.74) is 6.45. The first kappa shape index (κ1) is 26.0. The molecule has 0 aliphatic heterocycles. The van der Waals surface area contributed by atoms with Crippen LogP contribution in [-0.2, 0) is 16.0 Å². The number of aromatic nitrogens is 1. The lowest BCUT2D eigenvalue weighted by Crippen LogP contribution is -2.22. The number of anilines is 1. The Hall–Kier alpha value is -5.23. The zero-order chi connectivity index (χ0) is 28.2. The number of allylic oxidation sites excluding steroid dienone is 1. The minimum absolute atomic E-state index is 0.379. The zero-order valence-electron chi connectivity index (χ0n) is 22.6. The molecular formula is C35H28N2O4. The van der Waals surface area contributed by atoms with Crippen molar-refractivity contribution in [2.24, 2.45) is 0 Å². The van der Waals surface area contributed by atoms with E-state index in [1.807, 2.05) is 110 Å². The predicted octanol–water partition coefficient (Wildman–Crippen LogP) is 7.62. The fraction of sp³-hybridized carbons (Fsp3) is 0.114. The summed E-state index contributed by atoms with van der Waals surface area (Å²) in [5, 5.41) is 3.53. The van der Waals surface area contributed by atoms with Crippen molar-refractivity contribution >= 4 is 40.1 Å². The predicted molar refractivity (Wildman–Crippen MR) is 161 cm³/mol. The van der Waals surface area contributed by atoms with E-state index in [0.717, 1.165) is 51.3 Å². The van der Waals surface area contributed by atoms with Gasteiger partial charge in [0.2, 0.25) is 0 Å². The molecule has 1 aliphatic carbocycles. The van der Waals surface area contributed by atoms with E-state index < -0.39 is 5.97 Å². The van der Waals surface area contributed by atoms with Crippen molar-refractivity contribution < 1.29 is 19.1 Å². The molecule has 0 fully saturated rings. The van der Waals surface area contributed by atoms with Gasteiger partial charge in [0.05, 0.1) is 16.8 Å². The molecular weight excluding hydrogens is 512 g/mol. The largest absolute Gasteiger partial charge is 0.457 e. The van der Waals surface area contributed by atoms with E-state index in [1.54, 1.807) is 0 Å². The van der Waals surface area contributed by atoms with E-state index in [2.05, 4.69) is 11.4 Å². The van der Waals surface area contributed by atoms with Crippen LogP contribution in [0.1, 0.15) is 39.2 Å². The van der Waals surface area contributed by atoms with Gasteiger partial charge < -0.3 is 14.8 Å². The fourth-order valence-corrected chi connectivity index (χ4v) is 5.11. The van der Waals surface area contributed by atoms with Crippen molar-refractivity contribution in [1.82, 2.24) is 4.98 Å². The number of carbonyl (C=O) groups is 2. The summed E-state index contributed by atoms with van der Waals surface area (Å²) < 4.78 is 11.6. The normalized spacial score (nSPS) is 13.1. The summed E-state index contributed by atoms with van der Waals surface area (Å²) in [5.74, 6) is 0.594. The first-order valence-electron chi connectivity index (χ1n) is 13.5. The van der Waals surface area contributed by atoms with Gasteiger partial charge in [0, 0.05) is 11.1 Å². The molecule has 0 unspecified atom stereocenters. The number of ether oxygens (including phenoxy) is 2. The number of benzene rings is 4. The average molecular weight is 541 g/mol. The van der Waals surface area contributed by atoms with Crippen molar-refractivity contribution in [2.75, 3.05) is 11.9 Å². The van der Waals surface area contributed by atoms with Crippen LogP contribution in [0.5, 0.6) is 11.5 Å². The molecule has 1 N–H and O–H groups in total. The Kier molecular flexibility index (Phi) is 7.28. The van der Waals surface area contributed by atoms with Gasteiger partial charge in [-0.3, -0.25) is 4.79 Å². The number of rotatable bonds is 7. The zero-order valence-corrected chi connectivity index (χ0v) is 22.6. The highest BCUT2D eigenvalue weighted by molar-refractivity contribution is 6.08. The minimum Gasteiger partial charge on any atom is -0.457 e. The van der Waals surface area contributed by atoms with E-state index in [1.165, 1.54) is 0 Å². The van der Waals surface area contributed by atoms with Crippen molar-refractivity contribution in [3.63, 3.8) is 0 Å². The Morgan fingerprint density at radius 1 is 0.854 bits per heavy atom. The molecule has 5 aromatic rings. The minimum atomic E-state index is -0.528. The molecule has 41 heavy (non-hydrogen) atoms. The van der Waals surface area contributed by atoms with Gasteiger partial charge in [-0.25, -0.2) is 9.78 Å². The Labute approximate surface area is 238 Å². The van der Waals surface area contributed by atoms with Crippen LogP contribution >= 0.6 is 0 Å². The van der Waals surface area contributed by atoms with Crippen LogP contribution in [0.3, 0.4) is 0 Å². The van der Waals surface area contributed by atoms with Gasteiger partial charge >= 0.3 is 5.97 Å². The summed E-state index contributed by atoms with van der Waals surface area (Å²) in [6, 6.07) is 32.6. The summed E-state index contributed by atoms with van der Waals surface area (Å²) in [6.45, 7) is 1.53. The summed E-state index contributed by atoms with van der Waals surface area (Å²) in [7, 11) is 0. The van der Waals surface area contributed by atoms with E-state index in [-0.39, 0.29) is 12.5 Å². The molecule has 0 saturated heterocycles. The van der Waals surface area contributed by atoms with Gasteiger partial charge in [-0.15, -0.1) is 0 Å².